The number of hydrogen-bond acceptors (Lipinski definition) is 3. The second-order valence-corrected chi connectivity index (χ2v) is 6.66. The summed E-state index contributed by atoms with van der Waals surface area (Å²) in [6.07, 6.45) is 9.48. The molecule has 21 heavy (non-hydrogen) atoms. The third kappa shape index (κ3) is 5.83. The molecule has 0 aromatic heterocycles. The Morgan fingerprint density at radius 2 is 2.10 bits per heavy atom. The van der Waals surface area contributed by atoms with Crippen molar-refractivity contribution in [3.8, 4) is 0 Å². The second kappa shape index (κ2) is 8.59. The van der Waals surface area contributed by atoms with Gasteiger partial charge in [-0.2, -0.15) is 0 Å². The van der Waals surface area contributed by atoms with Crippen LogP contribution in [0.25, 0.3) is 0 Å². The largest absolute Gasteiger partial charge is 0.378 e. The van der Waals surface area contributed by atoms with Crippen molar-refractivity contribution in [3.05, 3.63) is 0 Å². The van der Waals surface area contributed by atoms with Crippen molar-refractivity contribution < 1.29 is 9.53 Å². The first kappa shape index (κ1) is 16.6. The predicted molar refractivity (Wildman–Crippen MR) is 84.5 cm³/mol. The van der Waals surface area contributed by atoms with Gasteiger partial charge in [-0.05, 0) is 65.5 Å². The first-order valence-corrected chi connectivity index (χ1v) is 8.47. The minimum absolute atomic E-state index is 0.0102. The number of ether oxygens (including phenoxy) is 1. The van der Waals surface area contributed by atoms with Gasteiger partial charge in [-0.3, -0.25) is 0 Å². The molecule has 1 heterocycles. The summed E-state index contributed by atoms with van der Waals surface area (Å²) in [5.74, 6) is 0. The Balaban J connectivity index is 1.51. The van der Waals surface area contributed by atoms with Crippen LogP contribution in [0.4, 0.5) is 4.79 Å². The fourth-order valence-corrected chi connectivity index (χ4v) is 3.36. The van der Waals surface area contributed by atoms with Crippen LogP contribution in [0.15, 0.2) is 0 Å². The Kier molecular flexibility index (Phi) is 6.77. The number of hydrogen-bond donors (Lipinski definition) is 2. The summed E-state index contributed by atoms with van der Waals surface area (Å²) < 4.78 is 5.69. The maximum atomic E-state index is 11.9. The fraction of sp³-hybridized carbons (Fsp3) is 0.938. The van der Waals surface area contributed by atoms with Gasteiger partial charge in [0, 0.05) is 25.2 Å². The minimum Gasteiger partial charge on any atom is -0.378 e. The molecule has 3 atom stereocenters. The third-order valence-corrected chi connectivity index (χ3v) is 4.73. The van der Waals surface area contributed by atoms with E-state index < -0.39 is 0 Å². The Morgan fingerprint density at radius 1 is 1.24 bits per heavy atom. The lowest BCUT2D eigenvalue weighted by Gasteiger charge is -2.22. The lowest BCUT2D eigenvalue weighted by molar-refractivity contribution is 0.0103. The molecular weight excluding hydrogens is 266 g/mol. The summed E-state index contributed by atoms with van der Waals surface area (Å²) in [6.45, 7) is 1.66. The average molecular weight is 297 g/mol. The number of urea groups is 1. The van der Waals surface area contributed by atoms with E-state index in [-0.39, 0.29) is 6.03 Å². The highest BCUT2D eigenvalue weighted by atomic mass is 16.5. The first-order valence-electron chi connectivity index (χ1n) is 8.47. The third-order valence-electron chi connectivity index (χ3n) is 4.73. The first-order chi connectivity index (χ1) is 10.1. The van der Waals surface area contributed by atoms with Gasteiger partial charge in [-0.25, -0.2) is 4.79 Å². The summed E-state index contributed by atoms with van der Waals surface area (Å²) in [5, 5.41) is 6.07. The molecule has 2 amide bonds. The number of carbonyl (C=O) groups is 1. The number of carbonyl (C=O) groups excluding carboxylic acids is 1. The monoisotopic (exact) mass is 297 g/mol. The van der Waals surface area contributed by atoms with Crippen molar-refractivity contribution in [1.29, 1.82) is 0 Å². The lowest BCUT2D eigenvalue weighted by atomic mass is 10.0. The van der Waals surface area contributed by atoms with Gasteiger partial charge in [0.15, 0.2) is 0 Å². The van der Waals surface area contributed by atoms with Gasteiger partial charge in [-0.15, -0.1) is 0 Å². The van der Waals surface area contributed by atoms with Gasteiger partial charge < -0.3 is 20.3 Å². The molecule has 5 nitrogen and oxygen atoms in total. The summed E-state index contributed by atoms with van der Waals surface area (Å²) >= 11 is 0. The van der Waals surface area contributed by atoms with Gasteiger partial charge in [0.05, 0.1) is 6.10 Å². The molecule has 5 heteroatoms. The number of rotatable bonds is 6. The van der Waals surface area contributed by atoms with E-state index in [1.807, 2.05) is 0 Å². The summed E-state index contributed by atoms with van der Waals surface area (Å²) in [5.41, 5.74) is 0. The smallest absolute Gasteiger partial charge is 0.315 e. The SMILES string of the molecule is CN(C)[C@@H]1CC[C@@H](NC(=O)NCCC[C@H]2CCCCO2)C1. The van der Waals surface area contributed by atoms with Gasteiger partial charge in [0.2, 0.25) is 0 Å². The van der Waals surface area contributed by atoms with E-state index in [1.54, 1.807) is 0 Å². The molecule has 1 aliphatic carbocycles. The van der Waals surface area contributed by atoms with E-state index in [9.17, 15) is 4.79 Å². The van der Waals surface area contributed by atoms with E-state index >= 15 is 0 Å². The molecule has 0 unspecified atom stereocenters. The number of nitrogens with one attached hydrogen (secondary N) is 2. The van der Waals surface area contributed by atoms with Crippen LogP contribution in [-0.4, -0.2) is 56.4 Å². The molecule has 122 valence electrons. The summed E-state index contributed by atoms with van der Waals surface area (Å²) in [6, 6.07) is 0.932. The molecule has 1 saturated heterocycles. The predicted octanol–water partition coefficient (Wildman–Crippen LogP) is 2.12. The zero-order valence-corrected chi connectivity index (χ0v) is 13.6. The Morgan fingerprint density at radius 3 is 2.76 bits per heavy atom. The van der Waals surface area contributed by atoms with Crippen LogP contribution in [-0.2, 0) is 4.74 Å². The van der Waals surface area contributed by atoms with Crippen LogP contribution < -0.4 is 10.6 Å². The zero-order valence-electron chi connectivity index (χ0n) is 13.6. The highest BCUT2D eigenvalue weighted by Crippen LogP contribution is 2.22. The molecule has 2 aliphatic rings. The minimum atomic E-state index is -0.0102. The molecule has 0 bridgehead atoms. The Hall–Kier alpha value is -0.810. The van der Waals surface area contributed by atoms with Crippen molar-refractivity contribution in [2.24, 2.45) is 0 Å². The summed E-state index contributed by atoms with van der Waals surface area (Å²) in [4.78, 5) is 14.1. The standard InChI is InChI=1S/C16H31N3O2/c1-19(2)14-9-8-13(12-14)18-16(20)17-10-5-7-15-6-3-4-11-21-15/h13-15H,3-12H2,1-2H3,(H2,17,18,20)/t13-,14-,15-/m1/s1. The van der Waals surface area contributed by atoms with Gasteiger partial charge in [-0.1, -0.05) is 0 Å². The molecule has 2 fully saturated rings. The van der Waals surface area contributed by atoms with Crippen LogP contribution in [0.5, 0.6) is 0 Å². The van der Waals surface area contributed by atoms with Gasteiger partial charge in [0.25, 0.3) is 0 Å². The number of nitrogens with zero attached hydrogens (tertiary/aromatic N) is 1. The summed E-state index contributed by atoms with van der Waals surface area (Å²) in [7, 11) is 4.22. The van der Waals surface area contributed by atoms with Crippen LogP contribution >= 0.6 is 0 Å². The molecule has 0 spiro atoms. The van der Waals surface area contributed by atoms with Gasteiger partial charge in [0.1, 0.15) is 0 Å². The normalized spacial score (nSPS) is 29.6. The van der Waals surface area contributed by atoms with Crippen LogP contribution in [0.1, 0.15) is 51.4 Å². The molecule has 1 saturated carbocycles. The number of amides is 2. The molecular formula is C16H31N3O2. The molecule has 2 rings (SSSR count). The maximum Gasteiger partial charge on any atom is 0.315 e. The lowest BCUT2D eigenvalue weighted by Crippen LogP contribution is -2.42. The Labute approximate surface area is 128 Å². The molecule has 2 N–H and O–H groups in total. The quantitative estimate of drug-likeness (QED) is 0.738. The van der Waals surface area contributed by atoms with Crippen molar-refractivity contribution in [3.63, 3.8) is 0 Å². The van der Waals surface area contributed by atoms with Crippen molar-refractivity contribution in [1.82, 2.24) is 15.5 Å². The zero-order chi connectivity index (χ0) is 15.1. The molecule has 0 aromatic rings. The van der Waals surface area contributed by atoms with E-state index in [4.69, 9.17) is 4.74 Å². The average Bonchev–Trinajstić information content (AvgIpc) is 2.93. The molecule has 0 aromatic carbocycles. The van der Waals surface area contributed by atoms with Crippen molar-refractivity contribution in [2.75, 3.05) is 27.2 Å². The van der Waals surface area contributed by atoms with Crippen LogP contribution in [0, 0.1) is 0 Å². The highest BCUT2D eigenvalue weighted by Gasteiger charge is 2.26. The second-order valence-electron chi connectivity index (χ2n) is 6.66. The highest BCUT2D eigenvalue weighted by molar-refractivity contribution is 5.74. The van der Waals surface area contributed by atoms with Crippen LogP contribution in [0.3, 0.4) is 0 Å². The van der Waals surface area contributed by atoms with E-state index in [1.165, 1.54) is 25.7 Å². The van der Waals surface area contributed by atoms with E-state index in [2.05, 4.69) is 29.6 Å². The fourth-order valence-electron chi connectivity index (χ4n) is 3.36. The van der Waals surface area contributed by atoms with Crippen LogP contribution in [0.2, 0.25) is 0 Å². The van der Waals surface area contributed by atoms with Crippen molar-refractivity contribution >= 4 is 6.03 Å². The topological polar surface area (TPSA) is 53.6 Å². The molecule has 1 aliphatic heterocycles. The van der Waals surface area contributed by atoms with E-state index in [0.717, 1.165) is 38.8 Å². The van der Waals surface area contributed by atoms with Gasteiger partial charge >= 0.3 is 6.03 Å². The Bertz CT molecular complexity index is 317. The maximum absolute atomic E-state index is 11.9. The molecule has 0 radical (unpaired) electrons. The van der Waals surface area contributed by atoms with E-state index in [0.29, 0.717) is 18.2 Å². The van der Waals surface area contributed by atoms with Crippen molar-refractivity contribution in [2.45, 2.75) is 69.6 Å².